The molecule has 3 aliphatic rings. The Hall–Kier alpha value is -0.120. The van der Waals surface area contributed by atoms with Gasteiger partial charge in [-0.05, 0) is 46.1 Å². The highest BCUT2D eigenvalue weighted by Gasteiger charge is 2.34. The van der Waals surface area contributed by atoms with Crippen molar-refractivity contribution in [3.05, 3.63) is 0 Å². The molecule has 0 spiro atoms. The summed E-state index contributed by atoms with van der Waals surface area (Å²) in [7, 11) is 2.29. The number of nitrogens with one attached hydrogen (secondary N) is 1. The Bertz CT molecular complexity index is 260. The minimum atomic E-state index is 0.692. The summed E-state index contributed by atoms with van der Waals surface area (Å²) in [6.45, 7) is 6.15. The summed E-state index contributed by atoms with van der Waals surface area (Å²) in [6.07, 6.45) is 7.09. The van der Waals surface area contributed by atoms with Gasteiger partial charge in [0.05, 0.1) is 0 Å². The van der Waals surface area contributed by atoms with Gasteiger partial charge in [0.15, 0.2) is 0 Å². The Morgan fingerprint density at radius 2 is 2.00 bits per heavy atom. The summed E-state index contributed by atoms with van der Waals surface area (Å²) in [5.41, 5.74) is 0. The molecular formula is C14H27N3. The summed E-state index contributed by atoms with van der Waals surface area (Å²) < 4.78 is 0. The van der Waals surface area contributed by atoms with E-state index < -0.39 is 0 Å². The second-order valence-electron chi connectivity index (χ2n) is 6.37. The summed E-state index contributed by atoms with van der Waals surface area (Å²) >= 11 is 0. The van der Waals surface area contributed by atoms with Gasteiger partial charge >= 0.3 is 0 Å². The number of likely N-dealkylation sites (N-methyl/N-ethyl adjacent to an activating group) is 1. The van der Waals surface area contributed by atoms with Crippen LogP contribution in [-0.4, -0.2) is 60.6 Å². The molecule has 0 radical (unpaired) electrons. The fraction of sp³-hybridized carbons (Fsp3) is 1.00. The molecule has 2 aliphatic carbocycles. The second kappa shape index (κ2) is 4.87. The van der Waals surface area contributed by atoms with E-state index in [0.717, 1.165) is 24.7 Å². The molecule has 3 heteroatoms. The molecule has 2 unspecified atom stereocenters. The molecule has 1 aliphatic heterocycles. The smallest absolute Gasteiger partial charge is 0.0207 e. The van der Waals surface area contributed by atoms with Crippen molar-refractivity contribution in [1.82, 2.24) is 15.1 Å². The van der Waals surface area contributed by atoms with Gasteiger partial charge in [0.1, 0.15) is 0 Å². The van der Waals surface area contributed by atoms with E-state index in [4.69, 9.17) is 0 Å². The summed E-state index contributed by atoms with van der Waals surface area (Å²) in [6, 6.07) is 3.29. The Morgan fingerprint density at radius 1 is 1.24 bits per heavy atom. The Kier molecular flexibility index (Phi) is 3.42. The fourth-order valence-corrected chi connectivity index (χ4v) is 3.05. The third-order valence-corrected chi connectivity index (χ3v) is 4.80. The van der Waals surface area contributed by atoms with Crippen molar-refractivity contribution in [2.75, 3.05) is 26.7 Å². The maximum Gasteiger partial charge on any atom is 0.0207 e. The number of nitrogens with zero attached hydrogens (tertiary/aromatic N) is 2. The van der Waals surface area contributed by atoms with Gasteiger partial charge in [-0.1, -0.05) is 0 Å². The first-order valence-corrected chi connectivity index (χ1v) is 7.43. The average molecular weight is 237 g/mol. The predicted molar refractivity (Wildman–Crippen MR) is 71.2 cm³/mol. The third kappa shape index (κ3) is 3.01. The van der Waals surface area contributed by atoms with E-state index in [1.165, 1.54) is 45.2 Å². The molecule has 2 atom stereocenters. The van der Waals surface area contributed by atoms with E-state index in [1.807, 2.05) is 0 Å². The Morgan fingerprint density at radius 3 is 2.65 bits per heavy atom. The molecule has 0 bridgehead atoms. The van der Waals surface area contributed by atoms with Crippen molar-refractivity contribution in [2.45, 2.75) is 63.2 Å². The number of rotatable bonds is 6. The van der Waals surface area contributed by atoms with Gasteiger partial charge in [-0.3, -0.25) is 9.80 Å². The zero-order valence-electron chi connectivity index (χ0n) is 11.4. The van der Waals surface area contributed by atoms with Gasteiger partial charge in [-0.2, -0.15) is 0 Å². The molecule has 0 amide bonds. The van der Waals surface area contributed by atoms with Gasteiger partial charge in [0, 0.05) is 43.8 Å². The monoisotopic (exact) mass is 237 g/mol. The molecule has 3 fully saturated rings. The van der Waals surface area contributed by atoms with Crippen molar-refractivity contribution < 1.29 is 0 Å². The first-order valence-electron chi connectivity index (χ1n) is 7.43. The maximum atomic E-state index is 3.77. The molecule has 0 aromatic rings. The predicted octanol–water partition coefficient (Wildman–Crippen LogP) is 1.30. The molecule has 1 saturated heterocycles. The van der Waals surface area contributed by atoms with Crippen LogP contribution in [0.15, 0.2) is 0 Å². The first-order chi connectivity index (χ1) is 8.24. The summed E-state index contributed by atoms with van der Waals surface area (Å²) in [4.78, 5) is 5.24. The number of hydrogen-bond donors (Lipinski definition) is 1. The Labute approximate surface area is 106 Å². The molecule has 1 N–H and O–H groups in total. The summed E-state index contributed by atoms with van der Waals surface area (Å²) in [5.74, 6) is 0. The number of hydrogen-bond acceptors (Lipinski definition) is 3. The normalized spacial score (nSPS) is 32.3. The molecule has 98 valence electrons. The van der Waals surface area contributed by atoms with Crippen molar-refractivity contribution in [3.8, 4) is 0 Å². The molecule has 2 saturated carbocycles. The van der Waals surface area contributed by atoms with Crippen molar-refractivity contribution >= 4 is 0 Å². The molecule has 3 nitrogen and oxygen atoms in total. The van der Waals surface area contributed by atoms with Crippen molar-refractivity contribution in [2.24, 2.45) is 0 Å². The van der Waals surface area contributed by atoms with Crippen LogP contribution in [0, 0.1) is 0 Å². The molecular weight excluding hydrogens is 210 g/mol. The van der Waals surface area contributed by atoms with E-state index in [2.05, 4.69) is 29.1 Å². The topological polar surface area (TPSA) is 18.5 Å². The van der Waals surface area contributed by atoms with E-state index >= 15 is 0 Å². The van der Waals surface area contributed by atoms with Crippen molar-refractivity contribution in [3.63, 3.8) is 0 Å². The summed E-state index contributed by atoms with van der Waals surface area (Å²) in [5, 5.41) is 3.77. The number of likely N-dealkylation sites (tertiary alicyclic amines) is 1. The fourth-order valence-electron chi connectivity index (χ4n) is 3.05. The minimum absolute atomic E-state index is 0.692. The van der Waals surface area contributed by atoms with Crippen LogP contribution in [-0.2, 0) is 0 Å². The van der Waals surface area contributed by atoms with Crippen LogP contribution in [0.4, 0.5) is 0 Å². The van der Waals surface area contributed by atoms with E-state index in [0.29, 0.717) is 6.04 Å². The van der Waals surface area contributed by atoms with Gasteiger partial charge < -0.3 is 5.32 Å². The molecule has 0 aromatic carbocycles. The van der Waals surface area contributed by atoms with Gasteiger partial charge in [-0.15, -0.1) is 0 Å². The van der Waals surface area contributed by atoms with Crippen LogP contribution in [0.2, 0.25) is 0 Å². The minimum Gasteiger partial charge on any atom is -0.311 e. The van der Waals surface area contributed by atoms with Crippen LogP contribution >= 0.6 is 0 Å². The molecule has 0 aromatic heterocycles. The highest BCUT2D eigenvalue weighted by molar-refractivity contribution is 4.92. The molecule has 17 heavy (non-hydrogen) atoms. The molecule has 3 rings (SSSR count). The van der Waals surface area contributed by atoms with E-state index in [-0.39, 0.29) is 0 Å². The van der Waals surface area contributed by atoms with Crippen molar-refractivity contribution in [1.29, 1.82) is 0 Å². The third-order valence-electron chi connectivity index (χ3n) is 4.80. The van der Waals surface area contributed by atoms with Crippen LogP contribution in [0.3, 0.4) is 0 Å². The lowest BCUT2D eigenvalue weighted by molar-refractivity contribution is 0.234. The maximum absolute atomic E-state index is 3.77. The van der Waals surface area contributed by atoms with Gasteiger partial charge in [-0.25, -0.2) is 0 Å². The first kappa shape index (κ1) is 11.9. The lowest BCUT2D eigenvalue weighted by Gasteiger charge is -2.26. The van der Waals surface area contributed by atoms with E-state index in [1.54, 1.807) is 0 Å². The van der Waals surface area contributed by atoms with Gasteiger partial charge in [0.2, 0.25) is 0 Å². The second-order valence-corrected chi connectivity index (χ2v) is 6.37. The largest absolute Gasteiger partial charge is 0.311 e. The lowest BCUT2D eigenvalue weighted by Crippen LogP contribution is -2.43. The highest BCUT2D eigenvalue weighted by Crippen LogP contribution is 2.30. The van der Waals surface area contributed by atoms with Crippen LogP contribution in [0.25, 0.3) is 0 Å². The zero-order chi connectivity index (χ0) is 11.8. The average Bonchev–Trinajstić information content (AvgIpc) is 3.23. The SMILES string of the molecule is CC(CNC1CCN(C2CC2)C1)N(C)C1CC1. The zero-order valence-corrected chi connectivity index (χ0v) is 11.4. The van der Waals surface area contributed by atoms with Crippen LogP contribution in [0.5, 0.6) is 0 Å². The molecule has 1 heterocycles. The standard InChI is InChI=1S/C14H27N3/c1-11(16(2)13-3-4-13)9-15-12-7-8-17(10-12)14-5-6-14/h11-15H,3-10H2,1-2H3. The quantitative estimate of drug-likeness (QED) is 0.751. The van der Waals surface area contributed by atoms with E-state index in [9.17, 15) is 0 Å². The van der Waals surface area contributed by atoms with Crippen LogP contribution in [0.1, 0.15) is 39.0 Å². The van der Waals surface area contributed by atoms with Crippen LogP contribution < -0.4 is 5.32 Å². The van der Waals surface area contributed by atoms with Gasteiger partial charge in [0.25, 0.3) is 0 Å². The lowest BCUT2D eigenvalue weighted by atomic mass is 10.2. The Balaban J connectivity index is 1.36. The highest BCUT2D eigenvalue weighted by atomic mass is 15.2.